The Morgan fingerprint density at radius 3 is 2.52 bits per heavy atom. The maximum absolute atomic E-state index is 13.1. The van der Waals surface area contributed by atoms with Crippen molar-refractivity contribution in [3.63, 3.8) is 0 Å². The van der Waals surface area contributed by atoms with Crippen LogP contribution in [0.4, 0.5) is 13.2 Å². The van der Waals surface area contributed by atoms with E-state index in [1.54, 1.807) is 6.07 Å². The van der Waals surface area contributed by atoms with E-state index in [4.69, 9.17) is 4.84 Å². The van der Waals surface area contributed by atoms with Gasteiger partial charge in [-0.3, -0.25) is 0 Å². The first-order valence-electron chi connectivity index (χ1n) is 6.72. The number of alkyl halides is 3. The van der Waals surface area contributed by atoms with E-state index < -0.39 is 17.3 Å². The highest BCUT2D eigenvalue weighted by Gasteiger charge is 2.44. The van der Waals surface area contributed by atoms with Crippen LogP contribution >= 0.6 is 22.9 Å². The lowest BCUT2D eigenvalue weighted by atomic mass is 9.85. The summed E-state index contributed by atoms with van der Waals surface area (Å²) in [5.74, 6) is 0. The summed E-state index contributed by atoms with van der Waals surface area (Å²) in [4.78, 5) is 5.56. The first-order valence-corrected chi connectivity index (χ1v) is 7.69. The number of rotatable bonds is 1. The molecule has 0 atom stereocenters. The van der Waals surface area contributed by atoms with Crippen molar-refractivity contribution in [2.75, 3.05) is 13.1 Å². The predicted molar refractivity (Wildman–Crippen MR) is 81.2 cm³/mol. The van der Waals surface area contributed by atoms with Gasteiger partial charge in [0.1, 0.15) is 5.60 Å². The first kappa shape index (κ1) is 15.1. The van der Waals surface area contributed by atoms with Crippen LogP contribution in [0.25, 0.3) is 0 Å². The number of benzene rings is 1. The number of nitrogens with zero attached hydrogens (tertiary/aromatic N) is 2. The highest BCUT2D eigenvalue weighted by Crippen LogP contribution is 2.39. The quantitative estimate of drug-likeness (QED) is 0.517. The molecule has 2 heterocycles. The molecule has 3 nitrogen and oxygen atoms in total. The minimum absolute atomic E-state index is 0.138. The largest absolute Gasteiger partial charge is 0.417 e. The maximum atomic E-state index is 13.1. The highest BCUT2D eigenvalue weighted by atomic mass is 127. The average molecular weight is 410 g/mol. The molecule has 0 amide bonds. The Labute approximate surface area is 134 Å². The van der Waals surface area contributed by atoms with E-state index >= 15 is 0 Å². The molecule has 1 spiro atoms. The van der Waals surface area contributed by atoms with Crippen molar-refractivity contribution >= 4 is 28.6 Å². The standard InChI is InChI=1S/C14H14F3IN2O/c15-14(16,17)11-4-2-1-3-10(11)12-9-13(21-19-12)5-7-20(18)8-6-13/h1-4H,5-9H2. The Balaban J connectivity index is 1.84. The van der Waals surface area contributed by atoms with Crippen LogP contribution in [-0.4, -0.2) is 27.5 Å². The van der Waals surface area contributed by atoms with E-state index in [1.165, 1.54) is 12.1 Å². The average Bonchev–Trinajstić information content (AvgIpc) is 2.86. The molecule has 3 rings (SSSR count). The van der Waals surface area contributed by atoms with Crippen LogP contribution in [0.1, 0.15) is 30.4 Å². The molecule has 0 radical (unpaired) electrons. The third-order valence-corrected chi connectivity index (χ3v) is 4.97. The second-order valence-electron chi connectivity index (χ2n) is 5.44. The third-order valence-electron chi connectivity index (χ3n) is 4.00. The van der Waals surface area contributed by atoms with Gasteiger partial charge in [-0.25, -0.2) is 3.11 Å². The summed E-state index contributed by atoms with van der Waals surface area (Å²) in [6.45, 7) is 1.73. The fourth-order valence-corrected chi connectivity index (χ4v) is 3.29. The number of oxime groups is 1. The van der Waals surface area contributed by atoms with Gasteiger partial charge in [0.15, 0.2) is 0 Å². The molecule has 0 saturated carbocycles. The van der Waals surface area contributed by atoms with Crippen molar-refractivity contribution in [1.29, 1.82) is 0 Å². The van der Waals surface area contributed by atoms with Crippen LogP contribution in [-0.2, 0) is 11.0 Å². The minimum Gasteiger partial charge on any atom is -0.388 e. The molecule has 2 aliphatic heterocycles. The summed E-state index contributed by atoms with van der Waals surface area (Å²) in [5, 5.41) is 3.98. The summed E-state index contributed by atoms with van der Waals surface area (Å²) in [5.41, 5.74) is -0.519. The molecular weight excluding hydrogens is 396 g/mol. The van der Waals surface area contributed by atoms with Crippen molar-refractivity contribution in [3.05, 3.63) is 35.4 Å². The molecule has 1 aromatic rings. The molecule has 1 fully saturated rings. The number of piperidine rings is 1. The van der Waals surface area contributed by atoms with E-state index in [0.717, 1.165) is 32.0 Å². The van der Waals surface area contributed by atoms with Gasteiger partial charge >= 0.3 is 6.18 Å². The monoisotopic (exact) mass is 410 g/mol. The van der Waals surface area contributed by atoms with Crippen molar-refractivity contribution < 1.29 is 18.0 Å². The van der Waals surface area contributed by atoms with Gasteiger partial charge in [0, 0.05) is 60.8 Å². The first-order chi connectivity index (χ1) is 9.90. The maximum Gasteiger partial charge on any atom is 0.417 e. The van der Waals surface area contributed by atoms with Gasteiger partial charge < -0.3 is 4.84 Å². The lowest BCUT2D eigenvalue weighted by Gasteiger charge is -2.34. The molecule has 0 N–H and O–H groups in total. The van der Waals surface area contributed by atoms with E-state index in [9.17, 15) is 13.2 Å². The number of hydrogen-bond acceptors (Lipinski definition) is 3. The molecule has 1 saturated heterocycles. The summed E-state index contributed by atoms with van der Waals surface area (Å²) < 4.78 is 41.4. The van der Waals surface area contributed by atoms with Crippen LogP contribution in [0.15, 0.2) is 29.4 Å². The van der Waals surface area contributed by atoms with Crippen molar-refractivity contribution in [2.24, 2.45) is 5.16 Å². The Morgan fingerprint density at radius 2 is 1.86 bits per heavy atom. The van der Waals surface area contributed by atoms with Crippen LogP contribution in [0.3, 0.4) is 0 Å². The van der Waals surface area contributed by atoms with Crippen molar-refractivity contribution in [2.45, 2.75) is 31.0 Å². The molecule has 114 valence electrons. The van der Waals surface area contributed by atoms with Gasteiger partial charge in [0.25, 0.3) is 0 Å². The Hall–Kier alpha value is -0.830. The smallest absolute Gasteiger partial charge is 0.388 e. The van der Waals surface area contributed by atoms with Crippen molar-refractivity contribution in [1.82, 2.24) is 3.11 Å². The summed E-state index contributed by atoms with van der Waals surface area (Å²) in [7, 11) is 0. The van der Waals surface area contributed by atoms with Gasteiger partial charge in [-0.1, -0.05) is 23.4 Å². The van der Waals surface area contributed by atoms with E-state index in [2.05, 4.69) is 31.1 Å². The normalized spacial score (nSPS) is 22.2. The second kappa shape index (κ2) is 5.42. The van der Waals surface area contributed by atoms with E-state index in [0.29, 0.717) is 12.1 Å². The zero-order valence-corrected chi connectivity index (χ0v) is 13.3. The molecule has 0 bridgehead atoms. The molecule has 21 heavy (non-hydrogen) atoms. The van der Waals surface area contributed by atoms with Crippen LogP contribution < -0.4 is 0 Å². The zero-order chi connectivity index (χ0) is 15.1. The van der Waals surface area contributed by atoms with E-state index in [-0.39, 0.29) is 5.56 Å². The van der Waals surface area contributed by atoms with Crippen LogP contribution in [0.5, 0.6) is 0 Å². The number of hydrogen-bond donors (Lipinski definition) is 0. The predicted octanol–water partition coefficient (Wildman–Crippen LogP) is 4.01. The molecule has 2 aliphatic rings. The topological polar surface area (TPSA) is 24.8 Å². The lowest BCUT2D eigenvalue weighted by molar-refractivity contribution is -0.137. The summed E-state index contributed by atoms with van der Waals surface area (Å²) in [6.07, 6.45) is -2.35. The van der Waals surface area contributed by atoms with Gasteiger partial charge in [0.2, 0.25) is 0 Å². The minimum atomic E-state index is -4.37. The lowest BCUT2D eigenvalue weighted by Crippen LogP contribution is -2.41. The SMILES string of the molecule is FC(F)(F)c1ccccc1C1=NOC2(CCN(I)CC2)C1. The molecule has 1 aromatic carbocycles. The zero-order valence-electron chi connectivity index (χ0n) is 11.2. The highest BCUT2D eigenvalue weighted by molar-refractivity contribution is 14.1. The Morgan fingerprint density at radius 1 is 1.19 bits per heavy atom. The second-order valence-corrected chi connectivity index (χ2v) is 6.81. The third kappa shape index (κ3) is 3.03. The summed E-state index contributed by atoms with van der Waals surface area (Å²) >= 11 is 2.25. The molecule has 7 heteroatoms. The van der Waals surface area contributed by atoms with E-state index in [1.807, 2.05) is 0 Å². The molecule has 0 unspecified atom stereocenters. The fourth-order valence-electron chi connectivity index (χ4n) is 2.80. The van der Waals surface area contributed by atoms with Crippen molar-refractivity contribution in [3.8, 4) is 0 Å². The molecule has 0 aromatic heterocycles. The van der Waals surface area contributed by atoms with Gasteiger partial charge in [0.05, 0.1) is 11.3 Å². The molecule has 0 aliphatic carbocycles. The molecular formula is C14H14F3IN2O. The Kier molecular flexibility index (Phi) is 3.89. The Bertz CT molecular complexity index is 566. The summed E-state index contributed by atoms with van der Waals surface area (Å²) in [6, 6.07) is 5.56. The van der Waals surface area contributed by atoms with Gasteiger partial charge in [-0.2, -0.15) is 13.2 Å². The van der Waals surface area contributed by atoms with Crippen LogP contribution in [0, 0.1) is 0 Å². The van der Waals surface area contributed by atoms with Crippen LogP contribution in [0.2, 0.25) is 0 Å². The van der Waals surface area contributed by atoms with Gasteiger partial charge in [-0.15, -0.1) is 0 Å². The van der Waals surface area contributed by atoms with Gasteiger partial charge in [-0.05, 0) is 6.07 Å². The fraction of sp³-hybridized carbons (Fsp3) is 0.500. The number of halogens is 4.